The monoisotopic (exact) mass is 260 g/mol. The van der Waals surface area contributed by atoms with E-state index in [0.29, 0.717) is 12.6 Å². The average molecular weight is 260 g/mol. The Morgan fingerprint density at radius 2 is 2.05 bits per heavy atom. The summed E-state index contributed by atoms with van der Waals surface area (Å²) in [5, 5.41) is 0. The largest absolute Gasteiger partial charge is 0.357 e. The van der Waals surface area contributed by atoms with E-state index in [-0.39, 0.29) is 5.78 Å². The highest BCUT2D eigenvalue weighted by molar-refractivity contribution is 5.97. The van der Waals surface area contributed by atoms with Gasteiger partial charge in [-0.15, -0.1) is 0 Å². The van der Waals surface area contributed by atoms with Gasteiger partial charge in [-0.2, -0.15) is 0 Å². The van der Waals surface area contributed by atoms with Crippen LogP contribution >= 0.6 is 0 Å². The second-order valence-electron chi connectivity index (χ2n) is 6.21. The van der Waals surface area contributed by atoms with Crippen molar-refractivity contribution in [1.29, 1.82) is 0 Å². The van der Waals surface area contributed by atoms with Crippen LogP contribution in [0.4, 0.5) is 0 Å². The second-order valence-corrected chi connectivity index (χ2v) is 6.21. The van der Waals surface area contributed by atoms with Crippen molar-refractivity contribution in [2.24, 2.45) is 13.0 Å². The first-order valence-electron chi connectivity index (χ1n) is 7.63. The van der Waals surface area contributed by atoms with Gasteiger partial charge in [-0.25, -0.2) is 0 Å². The van der Waals surface area contributed by atoms with Crippen LogP contribution in [-0.2, 0) is 7.05 Å². The Hall–Kier alpha value is -1.09. The quantitative estimate of drug-likeness (QED) is 0.778. The van der Waals surface area contributed by atoms with Crippen LogP contribution in [0.1, 0.15) is 48.9 Å². The average Bonchev–Trinajstić information content (AvgIpc) is 3.07. The predicted molar refractivity (Wildman–Crippen MR) is 76.3 cm³/mol. The molecule has 0 bridgehead atoms. The Labute approximate surface area is 115 Å². The number of nitrogens with zero attached hydrogens (tertiary/aromatic N) is 2. The summed E-state index contributed by atoms with van der Waals surface area (Å²) in [4.78, 5) is 14.8. The van der Waals surface area contributed by atoms with E-state index in [2.05, 4.69) is 4.90 Å². The van der Waals surface area contributed by atoms with Gasteiger partial charge in [0.25, 0.3) is 0 Å². The van der Waals surface area contributed by atoms with E-state index in [1.54, 1.807) is 0 Å². The van der Waals surface area contributed by atoms with Gasteiger partial charge in [-0.1, -0.05) is 12.8 Å². The van der Waals surface area contributed by atoms with Crippen molar-refractivity contribution in [3.05, 3.63) is 24.0 Å². The zero-order valence-corrected chi connectivity index (χ0v) is 11.8. The van der Waals surface area contributed by atoms with Crippen molar-refractivity contribution in [3.8, 4) is 0 Å². The fourth-order valence-corrected chi connectivity index (χ4v) is 3.87. The Balaban J connectivity index is 1.63. The second kappa shape index (κ2) is 5.49. The van der Waals surface area contributed by atoms with Crippen molar-refractivity contribution in [1.82, 2.24) is 9.47 Å². The Morgan fingerprint density at radius 3 is 2.74 bits per heavy atom. The summed E-state index contributed by atoms with van der Waals surface area (Å²) in [5.74, 6) is 1.14. The first kappa shape index (κ1) is 12.9. The molecule has 1 aromatic rings. The highest BCUT2D eigenvalue weighted by Crippen LogP contribution is 2.35. The molecule has 0 radical (unpaired) electrons. The van der Waals surface area contributed by atoms with E-state index < -0.39 is 0 Å². The van der Waals surface area contributed by atoms with Crippen molar-refractivity contribution in [2.75, 3.05) is 13.1 Å². The molecule has 104 valence electrons. The maximum Gasteiger partial charge on any atom is 0.178 e. The van der Waals surface area contributed by atoms with Crippen molar-refractivity contribution in [2.45, 2.75) is 44.6 Å². The third kappa shape index (κ3) is 2.76. The SMILES string of the molecule is Cn1ccc(C(=O)CN2CCCC2C2CCCC2)c1. The number of hydrogen-bond donors (Lipinski definition) is 0. The molecule has 0 amide bonds. The number of hydrogen-bond acceptors (Lipinski definition) is 2. The number of likely N-dealkylation sites (tertiary alicyclic amines) is 1. The van der Waals surface area contributed by atoms with Gasteiger partial charge in [-0.3, -0.25) is 9.69 Å². The molecular formula is C16H24N2O. The number of ketones is 1. The molecule has 3 rings (SSSR count). The minimum Gasteiger partial charge on any atom is -0.357 e. The van der Waals surface area contributed by atoms with Crippen LogP contribution in [0.25, 0.3) is 0 Å². The fraction of sp³-hybridized carbons (Fsp3) is 0.688. The van der Waals surface area contributed by atoms with E-state index in [9.17, 15) is 4.79 Å². The number of aromatic nitrogens is 1. The highest BCUT2D eigenvalue weighted by Gasteiger charge is 2.34. The third-order valence-electron chi connectivity index (χ3n) is 4.86. The number of carbonyl (C=O) groups is 1. The summed E-state index contributed by atoms with van der Waals surface area (Å²) < 4.78 is 1.95. The zero-order chi connectivity index (χ0) is 13.2. The van der Waals surface area contributed by atoms with E-state index in [4.69, 9.17) is 0 Å². The number of rotatable bonds is 4. The van der Waals surface area contributed by atoms with Crippen LogP contribution in [0.2, 0.25) is 0 Å². The molecule has 1 aliphatic carbocycles. The maximum absolute atomic E-state index is 12.3. The molecule has 2 aliphatic rings. The van der Waals surface area contributed by atoms with Crippen LogP contribution in [0.5, 0.6) is 0 Å². The first-order chi connectivity index (χ1) is 9.24. The molecule has 1 saturated heterocycles. The normalized spacial score (nSPS) is 25.2. The van der Waals surface area contributed by atoms with Crippen LogP contribution in [0.3, 0.4) is 0 Å². The summed E-state index contributed by atoms with van der Waals surface area (Å²) in [6.45, 7) is 1.73. The van der Waals surface area contributed by atoms with Crippen LogP contribution < -0.4 is 0 Å². The topological polar surface area (TPSA) is 25.2 Å². The highest BCUT2D eigenvalue weighted by atomic mass is 16.1. The summed E-state index contributed by atoms with van der Waals surface area (Å²) >= 11 is 0. The molecule has 1 aliphatic heterocycles. The van der Waals surface area contributed by atoms with Gasteiger partial charge in [-0.05, 0) is 44.2 Å². The first-order valence-corrected chi connectivity index (χ1v) is 7.63. The summed E-state index contributed by atoms with van der Waals surface area (Å²) in [5.41, 5.74) is 0.861. The number of Topliss-reactive ketones (excluding diaryl/α,β-unsaturated/α-hetero) is 1. The maximum atomic E-state index is 12.3. The minimum absolute atomic E-state index is 0.283. The Kier molecular flexibility index (Phi) is 3.74. The molecule has 2 fully saturated rings. The molecule has 0 aromatic carbocycles. The van der Waals surface area contributed by atoms with Crippen molar-refractivity contribution < 1.29 is 4.79 Å². The van der Waals surface area contributed by atoms with E-state index in [1.807, 2.05) is 30.1 Å². The molecular weight excluding hydrogens is 236 g/mol. The standard InChI is InChI=1S/C16H24N2O/c1-17-10-8-14(11-17)16(19)12-18-9-4-7-15(18)13-5-2-3-6-13/h8,10-11,13,15H,2-7,9,12H2,1H3. The Morgan fingerprint density at radius 1 is 1.26 bits per heavy atom. The minimum atomic E-state index is 0.283. The lowest BCUT2D eigenvalue weighted by molar-refractivity contribution is 0.0896. The molecule has 0 N–H and O–H groups in total. The molecule has 3 heteroatoms. The molecule has 1 aromatic heterocycles. The molecule has 2 heterocycles. The smallest absolute Gasteiger partial charge is 0.178 e. The molecule has 19 heavy (non-hydrogen) atoms. The van der Waals surface area contributed by atoms with Gasteiger partial charge in [0.05, 0.1) is 6.54 Å². The van der Waals surface area contributed by atoms with E-state index >= 15 is 0 Å². The van der Waals surface area contributed by atoms with Gasteiger partial charge < -0.3 is 4.57 Å². The molecule has 1 saturated carbocycles. The van der Waals surface area contributed by atoms with Crippen LogP contribution in [-0.4, -0.2) is 34.4 Å². The lowest BCUT2D eigenvalue weighted by Crippen LogP contribution is -2.38. The lowest BCUT2D eigenvalue weighted by atomic mass is 9.96. The van der Waals surface area contributed by atoms with Gasteiger partial charge in [0, 0.05) is 31.0 Å². The van der Waals surface area contributed by atoms with Crippen LogP contribution in [0.15, 0.2) is 18.5 Å². The zero-order valence-electron chi connectivity index (χ0n) is 11.8. The molecule has 1 atom stereocenters. The van der Waals surface area contributed by atoms with Gasteiger partial charge in [0.2, 0.25) is 0 Å². The summed E-state index contributed by atoms with van der Waals surface area (Å²) in [6, 6.07) is 2.61. The number of carbonyl (C=O) groups excluding carboxylic acids is 1. The lowest BCUT2D eigenvalue weighted by Gasteiger charge is -2.28. The van der Waals surface area contributed by atoms with Gasteiger partial charge in [0.1, 0.15) is 0 Å². The molecule has 1 unspecified atom stereocenters. The predicted octanol–water partition coefficient (Wildman–Crippen LogP) is 2.86. The summed E-state index contributed by atoms with van der Waals surface area (Å²) in [7, 11) is 1.97. The third-order valence-corrected chi connectivity index (χ3v) is 4.86. The Bertz CT molecular complexity index is 445. The van der Waals surface area contributed by atoms with Gasteiger partial charge in [0.15, 0.2) is 5.78 Å². The van der Waals surface area contributed by atoms with E-state index in [0.717, 1.165) is 18.0 Å². The summed E-state index contributed by atoms with van der Waals surface area (Å²) in [6.07, 6.45) is 12.0. The fourth-order valence-electron chi connectivity index (χ4n) is 3.87. The molecule has 3 nitrogen and oxygen atoms in total. The van der Waals surface area contributed by atoms with E-state index in [1.165, 1.54) is 38.5 Å². The van der Waals surface area contributed by atoms with Crippen molar-refractivity contribution in [3.63, 3.8) is 0 Å². The van der Waals surface area contributed by atoms with Gasteiger partial charge >= 0.3 is 0 Å². The number of aryl methyl sites for hydroxylation is 1. The van der Waals surface area contributed by atoms with Crippen LogP contribution in [0, 0.1) is 5.92 Å². The van der Waals surface area contributed by atoms with Crippen molar-refractivity contribution >= 4 is 5.78 Å². The molecule has 0 spiro atoms.